The highest BCUT2D eigenvalue weighted by molar-refractivity contribution is 6.37. The maximum atomic E-state index is 13.3. The number of imide groups is 1. The Morgan fingerprint density at radius 3 is 2.41 bits per heavy atom. The predicted octanol–water partition coefficient (Wildman–Crippen LogP) is 5.06. The number of ether oxygens (including phenoxy) is 2. The molecular formula is C25H29ClN2O4. The van der Waals surface area contributed by atoms with Gasteiger partial charge in [-0.3, -0.25) is 14.5 Å². The van der Waals surface area contributed by atoms with Gasteiger partial charge in [-0.2, -0.15) is 0 Å². The number of carbonyl (C=O) groups is 2. The van der Waals surface area contributed by atoms with Crippen molar-refractivity contribution >= 4 is 34.7 Å². The average Bonchev–Trinajstić information content (AvgIpc) is 3.01. The van der Waals surface area contributed by atoms with Crippen LogP contribution in [0.3, 0.4) is 0 Å². The molecule has 0 aromatic heterocycles. The Labute approximate surface area is 194 Å². The molecule has 1 N–H and O–H groups in total. The summed E-state index contributed by atoms with van der Waals surface area (Å²) >= 11 is 6.03. The number of hydrogen-bond donors (Lipinski definition) is 1. The number of benzene rings is 2. The van der Waals surface area contributed by atoms with Crippen LogP contribution in [0.25, 0.3) is 5.57 Å². The molecule has 0 fully saturated rings. The Morgan fingerprint density at radius 1 is 1.00 bits per heavy atom. The van der Waals surface area contributed by atoms with Gasteiger partial charge in [0.25, 0.3) is 11.8 Å². The van der Waals surface area contributed by atoms with E-state index in [1.165, 1.54) is 4.90 Å². The average molecular weight is 457 g/mol. The summed E-state index contributed by atoms with van der Waals surface area (Å²) in [6.07, 6.45) is 2.64. The van der Waals surface area contributed by atoms with E-state index in [2.05, 4.69) is 12.2 Å². The predicted molar refractivity (Wildman–Crippen MR) is 127 cm³/mol. The number of halogens is 1. The van der Waals surface area contributed by atoms with Crippen LogP contribution in [-0.2, 0) is 14.3 Å². The second kappa shape index (κ2) is 11.2. The summed E-state index contributed by atoms with van der Waals surface area (Å²) < 4.78 is 11.0. The summed E-state index contributed by atoms with van der Waals surface area (Å²) in [6.45, 7) is 5.53. The van der Waals surface area contributed by atoms with E-state index < -0.39 is 0 Å². The van der Waals surface area contributed by atoms with Crippen molar-refractivity contribution in [2.24, 2.45) is 0 Å². The van der Waals surface area contributed by atoms with Crippen molar-refractivity contribution in [1.29, 1.82) is 0 Å². The van der Waals surface area contributed by atoms with Crippen molar-refractivity contribution in [2.75, 3.05) is 32.2 Å². The first-order chi connectivity index (χ1) is 15.5. The fraction of sp³-hybridized carbons (Fsp3) is 0.360. The van der Waals surface area contributed by atoms with E-state index in [0.717, 1.165) is 18.4 Å². The zero-order chi connectivity index (χ0) is 23.1. The number of nitrogens with zero attached hydrogens (tertiary/aromatic N) is 1. The van der Waals surface area contributed by atoms with Gasteiger partial charge in [0.15, 0.2) is 0 Å². The molecular weight excluding hydrogens is 428 g/mol. The highest BCUT2D eigenvalue weighted by Crippen LogP contribution is 2.34. The first-order valence-electron chi connectivity index (χ1n) is 10.8. The van der Waals surface area contributed by atoms with Crippen LogP contribution < -0.4 is 10.1 Å². The summed E-state index contributed by atoms with van der Waals surface area (Å²) in [5.41, 5.74) is 2.80. The largest absolute Gasteiger partial charge is 0.495 e. The van der Waals surface area contributed by atoms with Crippen molar-refractivity contribution in [3.05, 3.63) is 64.3 Å². The maximum Gasteiger partial charge on any atom is 0.278 e. The summed E-state index contributed by atoms with van der Waals surface area (Å²) in [7, 11) is 1.57. The topological polar surface area (TPSA) is 67.9 Å². The molecule has 0 bridgehead atoms. The summed E-state index contributed by atoms with van der Waals surface area (Å²) in [5, 5.41) is 3.73. The summed E-state index contributed by atoms with van der Waals surface area (Å²) in [6, 6.07) is 12.5. The smallest absolute Gasteiger partial charge is 0.278 e. The fourth-order valence-corrected chi connectivity index (χ4v) is 3.63. The molecule has 0 spiro atoms. The number of carbonyl (C=O) groups excluding carboxylic acids is 2. The molecule has 0 atom stereocenters. The molecule has 3 rings (SSSR count). The lowest BCUT2D eigenvalue weighted by atomic mass is 10.0. The van der Waals surface area contributed by atoms with E-state index in [0.29, 0.717) is 47.2 Å². The quantitative estimate of drug-likeness (QED) is 0.378. The molecule has 0 saturated carbocycles. The minimum absolute atomic E-state index is 0.230. The molecule has 1 aliphatic rings. The van der Waals surface area contributed by atoms with Gasteiger partial charge in [0.1, 0.15) is 11.4 Å². The molecule has 0 radical (unpaired) electrons. The molecule has 1 heterocycles. The zero-order valence-corrected chi connectivity index (χ0v) is 19.5. The minimum Gasteiger partial charge on any atom is -0.495 e. The minimum atomic E-state index is -0.364. The first kappa shape index (κ1) is 23.8. The number of methoxy groups -OCH3 is 1. The van der Waals surface area contributed by atoms with E-state index in [1.54, 1.807) is 31.4 Å². The summed E-state index contributed by atoms with van der Waals surface area (Å²) in [4.78, 5) is 27.9. The van der Waals surface area contributed by atoms with Crippen molar-refractivity contribution in [2.45, 2.75) is 33.1 Å². The summed E-state index contributed by atoms with van der Waals surface area (Å²) in [5.74, 6) is -0.112. The third-order valence-corrected chi connectivity index (χ3v) is 5.48. The van der Waals surface area contributed by atoms with Gasteiger partial charge in [-0.05, 0) is 55.2 Å². The Morgan fingerprint density at radius 2 is 1.72 bits per heavy atom. The van der Waals surface area contributed by atoms with Crippen molar-refractivity contribution in [3.8, 4) is 5.75 Å². The number of hydrogen-bond acceptors (Lipinski definition) is 5. The van der Waals surface area contributed by atoms with E-state index in [9.17, 15) is 9.59 Å². The van der Waals surface area contributed by atoms with Crippen LogP contribution in [0.2, 0.25) is 5.02 Å². The normalized spacial score (nSPS) is 13.8. The van der Waals surface area contributed by atoms with Crippen LogP contribution in [0.15, 0.2) is 48.2 Å². The highest BCUT2D eigenvalue weighted by atomic mass is 35.5. The lowest BCUT2D eigenvalue weighted by molar-refractivity contribution is -0.137. The Balaban J connectivity index is 1.88. The molecule has 2 aromatic carbocycles. The molecule has 32 heavy (non-hydrogen) atoms. The lowest BCUT2D eigenvalue weighted by Crippen LogP contribution is -2.34. The van der Waals surface area contributed by atoms with Gasteiger partial charge in [0.2, 0.25) is 0 Å². The number of unbranched alkanes of at least 4 members (excludes halogenated alkanes) is 1. The standard InChI is InChI=1S/C25H29ClN2O4/c1-4-5-14-32-15-6-13-28-24(29)22(18-8-10-19(26)11-9-18)23(25(28)30)27-20-16-17(2)7-12-21(20)31-3/h7-12,16,27H,4-6,13-15H2,1-3H3. The molecule has 7 heteroatoms. The SMILES string of the molecule is CCCCOCCCN1C(=O)C(Nc2cc(C)ccc2OC)=C(c2ccc(Cl)cc2)C1=O. The Hall–Kier alpha value is -2.83. The number of anilines is 1. The maximum absolute atomic E-state index is 13.3. The number of nitrogens with one attached hydrogen (secondary N) is 1. The second-order valence-electron chi connectivity index (χ2n) is 7.67. The van der Waals surface area contributed by atoms with Crippen LogP contribution in [0.1, 0.15) is 37.3 Å². The van der Waals surface area contributed by atoms with Gasteiger partial charge in [-0.1, -0.05) is 43.1 Å². The van der Waals surface area contributed by atoms with Crippen LogP contribution >= 0.6 is 11.6 Å². The van der Waals surface area contributed by atoms with Gasteiger partial charge in [0, 0.05) is 24.8 Å². The van der Waals surface area contributed by atoms with E-state index in [1.807, 2.05) is 25.1 Å². The Kier molecular flexibility index (Phi) is 8.31. The monoisotopic (exact) mass is 456 g/mol. The molecule has 0 saturated heterocycles. The van der Waals surface area contributed by atoms with E-state index in [-0.39, 0.29) is 24.1 Å². The van der Waals surface area contributed by atoms with Gasteiger partial charge in [0.05, 0.1) is 18.4 Å². The number of aryl methyl sites for hydroxylation is 1. The number of rotatable bonds is 11. The first-order valence-corrected chi connectivity index (χ1v) is 11.2. The third kappa shape index (κ3) is 5.50. The number of amides is 2. The fourth-order valence-electron chi connectivity index (χ4n) is 3.51. The third-order valence-electron chi connectivity index (χ3n) is 5.23. The molecule has 6 nitrogen and oxygen atoms in total. The second-order valence-corrected chi connectivity index (χ2v) is 8.10. The van der Waals surface area contributed by atoms with E-state index >= 15 is 0 Å². The zero-order valence-electron chi connectivity index (χ0n) is 18.7. The molecule has 1 aliphatic heterocycles. The van der Waals surface area contributed by atoms with Gasteiger partial charge in [-0.25, -0.2) is 0 Å². The molecule has 170 valence electrons. The van der Waals surface area contributed by atoms with Crippen molar-refractivity contribution in [3.63, 3.8) is 0 Å². The van der Waals surface area contributed by atoms with E-state index in [4.69, 9.17) is 21.1 Å². The van der Waals surface area contributed by atoms with Crippen LogP contribution in [0.5, 0.6) is 5.75 Å². The van der Waals surface area contributed by atoms with Gasteiger partial charge >= 0.3 is 0 Å². The van der Waals surface area contributed by atoms with Crippen LogP contribution in [0, 0.1) is 6.92 Å². The highest BCUT2D eigenvalue weighted by Gasteiger charge is 2.39. The van der Waals surface area contributed by atoms with Crippen molar-refractivity contribution < 1.29 is 19.1 Å². The van der Waals surface area contributed by atoms with Crippen LogP contribution in [0.4, 0.5) is 5.69 Å². The molecule has 2 amide bonds. The molecule has 0 aliphatic carbocycles. The van der Waals surface area contributed by atoms with Crippen molar-refractivity contribution in [1.82, 2.24) is 4.90 Å². The van der Waals surface area contributed by atoms with Gasteiger partial charge < -0.3 is 14.8 Å². The van der Waals surface area contributed by atoms with Crippen LogP contribution in [-0.4, -0.2) is 43.6 Å². The van der Waals surface area contributed by atoms with Gasteiger partial charge in [-0.15, -0.1) is 0 Å². The lowest BCUT2D eigenvalue weighted by Gasteiger charge is -2.16. The molecule has 0 unspecified atom stereocenters. The Bertz CT molecular complexity index is 1000. The molecule has 2 aromatic rings.